The molecular formula is C11H15N3. The zero-order valence-corrected chi connectivity index (χ0v) is 8.86. The largest absolute Gasteiger partial charge is 0.332 e. The summed E-state index contributed by atoms with van der Waals surface area (Å²) >= 11 is 0. The van der Waals surface area contributed by atoms with Crippen molar-refractivity contribution in [1.29, 1.82) is 0 Å². The van der Waals surface area contributed by atoms with Crippen LogP contribution in [0.4, 0.5) is 0 Å². The molecule has 3 heteroatoms. The van der Waals surface area contributed by atoms with Gasteiger partial charge in [-0.3, -0.25) is 0 Å². The summed E-state index contributed by atoms with van der Waals surface area (Å²) in [4.78, 5) is 8.54. The molecule has 0 amide bonds. The summed E-state index contributed by atoms with van der Waals surface area (Å²) in [7, 11) is 2.00. The number of fused-ring (bicyclic) bond motifs is 1. The topological polar surface area (TPSA) is 30.7 Å². The fraction of sp³-hybridized carbons (Fsp3) is 0.455. The Morgan fingerprint density at radius 3 is 2.93 bits per heavy atom. The molecule has 2 aromatic rings. The van der Waals surface area contributed by atoms with E-state index in [9.17, 15) is 0 Å². The van der Waals surface area contributed by atoms with Gasteiger partial charge in [0.15, 0.2) is 5.65 Å². The Balaban J connectivity index is 2.54. The van der Waals surface area contributed by atoms with Gasteiger partial charge in [0.1, 0.15) is 0 Å². The lowest BCUT2D eigenvalue weighted by Gasteiger charge is -2.07. The SMILES string of the molecule is CCC(C)c1cnc2ncn(C)c2c1. The number of hydrogen-bond donors (Lipinski definition) is 0. The number of aryl methyl sites for hydroxylation is 1. The number of aromatic nitrogens is 3. The third kappa shape index (κ3) is 1.39. The van der Waals surface area contributed by atoms with Crippen molar-refractivity contribution in [1.82, 2.24) is 14.5 Å². The van der Waals surface area contributed by atoms with E-state index in [0.29, 0.717) is 5.92 Å². The molecule has 14 heavy (non-hydrogen) atoms. The molecule has 0 bridgehead atoms. The number of rotatable bonds is 2. The van der Waals surface area contributed by atoms with E-state index in [2.05, 4.69) is 29.9 Å². The van der Waals surface area contributed by atoms with Crippen molar-refractivity contribution in [2.24, 2.45) is 7.05 Å². The number of hydrogen-bond acceptors (Lipinski definition) is 2. The van der Waals surface area contributed by atoms with Gasteiger partial charge in [0.2, 0.25) is 0 Å². The molecule has 2 aromatic heterocycles. The predicted molar refractivity (Wildman–Crippen MR) is 57.2 cm³/mol. The first-order valence-electron chi connectivity index (χ1n) is 4.99. The second kappa shape index (κ2) is 3.40. The maximum absolute atomic E-state index is 4.34. The van der Waals surface area contributed by atoms with Crippen LogP contribution in [0.25, 0.3) is 11.2 Å². The van der Waals surface area contributed by atoms with E-state index in [0.717, 1.165) is 17.6 Å². The normalized spacial score (nSPS) is 13.4. The van der Waals surface area contributed by atoms with Crippen LogP contribution < -0.4 is 0 Å². The van der Waals surface area contributed by atoms with Crippen LogP contribution >= 0.6 is 0 Å². The van der Waals surface area contributed by atoms with E-state index in [-0.39, 0.29) is 0 Å². The van der Waals surface area contributed by atoms with Crippen molar-refractivity contribution in [3.63, 3.8) is 0 Å². The van der Waals surface area contributed by atoms with Crippen LogP contribution in [-0.4, -0.2) is 14.5 Å². The second-order valence-electron chi connectivity index (χ2n) is 3.78. The molecule has 0 saturated heterocycles. The Morgan fingerprint density at radius 1 is 1.43 bits per heavy atom. The van der Waals surface area contributed by atoms with Crippen LogP contribution in [0.5, 0.6) is 0 Å². The van der Waals surface area contributed by atoms with Crippen LogP contribution in [0, 0.1) is 0 Å². The number of nitrogens with zero attached hydrogens (tertiary/aromatic N) is 3. The Hall–Kier alpha value is -1.38. The van der Waals surface area contributed by atoms with E-state index in [1.165, 1.54) is 5.56 Å². The van der Waals surface area contributed by atoms with E-state index >= 15 is 0 Å². The molecule has 2 heterocycles. The highest BCUT2D eigenvalue weighted by Crippen LogP contribution is 2.20. The minimum absolute atomic E-state index is 0.571. The van der Waals surface area contributed by atoms with Gasteiger partial charge in [-0.05, 0) is 24.0 Å². The Labute approximate surface area is 83.8 Å². The molecule has 0 saturated carbocycles. The van der Waals surface area contributed by atoms with Crippen LogP contribution in [0.1, 0.15) is 31.7 Å². The standard InChI is InChI=1S/C11H15N3/c1-4-8(2)9-5-10-11(12-6-9)13-7-14(10)3/h5-8H,4H2,1-3H3. The van der Waals surface area contributed by atoms with Gasteiger partial charge in [0.05, 0.1) is 11.8 Å². The van der Waals surface area contributed by atoms with E-state index < -0.39 is 0 Å². The van der Waals surface area contributed by atoms with Gasteiger partial charge in [-0.25, -0.2) is 9.97 Å². The smallest absolute Gasteiger partial charge is 0.177 e. The van der Waals surface area contributed by atoms with E-state index in [4.69, 9.17) is 0 Å². The molecular weight excluding hydrogens is 174 g/mol. The third-order valence-electron chi connectivity index (χ3n) is 2.78. The van der Waals surface area contributed by atoms with Gasteiger partial charge < -0.3 is 4.57 Å². The van der Waals surface area contributed by atoms with Crippen molar-refractivity contribution in [2.75, 3.05) is 0 Å². The summed E-state index contributed by atoms with van der Waals surface area (Å²) < 4.78 is 2.01. The average Bonchev–Trinajstić information content (AvgIpc) is 2.59. The lowest BCUT2D eigenvalue weighted by molar-refractivity contribution is 0.730. The van der Waals surface area contributed by atoms with E-state index in [1.807, 2.05) is 17.8 Å². The highest BCUT2D eigenvalue weighted by Gasteiger charge is 2.06. The summed E-state index contributed by atoms with van der Waals surface area (Å²) in [5, 5.41) is 0. The minimum Gasteiger partial charge on any atom is -0.332 e. The Bertz CT molecular complexity index is 445. The summed E-state index contributed by atoms with van der Waals surface area (Å²) in [5.74, 6) is 0.571. The van der Waals surface area contributed by atoms with Crippen molar-refractivity contribution in [3.05, 3.63) is 24.2 Å². The van der Waals surface area contributed by atoms with Crippen LogP contribution in [0.15, 0.2) is 18.6 Å². The predicted octanol–water partition coefficient (Wildman–Crippen LogP) is 2.48. The van der Waals surface area contributed by atoms with Gasteiger partial charge >= 0.3 is 0 Å². The lowest BCUT2D eigenvalue weighted by atomic mass is 10.0. The van der Waals surface area contributed by atoms with Crippen molar-refractivity contribution in [3.8, 4) is 0 Å². The molecule has 0 spiro atoms. The van der Waals surface area contributed by atoms with Gasteiger partial charge in [-0.2, -0.15) is 0 Å². The van der Waals surface area contributed by atoms with Crippen LogP contribution in [0.3, 0.4) is 0 Å². The molecule has 0 aliphatic rings. The second-order valence-corrected chi connectivity index (χ2v) is 3.78. The Kier molecular flexibility index (Phi) is 2.23. The fourth-order valence-electron chi connectivity index (χ4n) is 1.53. The fourth-order valence-corrected chi connectivity index (χ4v) is 1.53. The summed E-state index contributed by atoms with van der Waals surface area (Å²) in [6.45, 7) is 4.41. The summed E-state index contributed by atoms with van der Waals surface area (Å²) in [5.41, 5.74) is 3.24. The molecule has 74 valence electrons. The first-order chi connectivity index (χ1) is 6.72. The number of imidazole rings is 1. The molecule has 3 nitrogen and oxygen atoms in total. The van der Waals surface area contributed by atoms with Crippen LogP contribution in [0.2, 0.25) is 0 Å². The van der Waals surface area contributed by atoms with Gasteiger partial charge in [0, 0.05) is 13.2 Å². The first-order valence-corrected chi connectivity index (χ1v) is 4.99. The molecule has 0 aliphatic carbocycles. The van der Waals surface area contributed by atoms with Crippen molar-refractivity contribution >= 4 is 11.2 Å². The number of pyridine rings is 1. The molecule has 0 aromatic carbocycles. The molecule has 0 N–H and O–H groups in total. The molecule has 0 aliphatic heterocycles. The van der Waals surface area contributed by atoms with Gasteiger partial charge in [-0.1, -0.05) is 13.8 Å². The van der Waals surface area contributed by atoms with Crippen molar-refractivity contribution < 1.29 is 0 Å². The molecule has 0 radical (unpaired) electrons. The molecule has 1 unspecified atom stereocenters. The highest BCUT2D eigenvalue weighted by molar-refractivity contribution is 5.71. The zero-order valence-electron chi connectivity index (χ0n) is 8.86. The maximum Gasteiger partial charge on any atom is 0.177 e. The van der Waals surface area contributed by atoms with Gasteiger partial charge in [0.25, 0.3) is 0 Å². The lowest BCUT2D eigenvalue weighted by Crippen LogP contribution is -1.94. The minimum atomic E-state index is 0.571. The quantitative estimate of drug-likeness (QED) is 0.726. The maximum atomic E-state index is 4.34. The third-order valence-corrected chi connectivity index (χ3v) is 2.78. The Morgan fingerprint density at radius 2 is 2.21 bits per heavy atom. The highest BCUT2D eigenvalue weighted by atomic mass is 15.0. The van der Waals surface area contributed by atoms with Gasteiger partial charge in [-0.15, -0.1) is 0 Å². The zero-order chi connectivity index (χ0) is 10.1. The molecule has 2 rings (SSSR count). The summed E-state index contributed by atoms with van der Waals surface area (Å²) in [6, 6.07) is 2.18. The first kappa shape index (κ1) is 9.19. The van der Waals surface area contributed by atoms with E-state index in [1.54, 1.807) is 6.33 Å². The average molecular weight is 189 g/mol. The van der Waals surface area contributed by atoms with Crippen LogP contribution in [-0.2, 0) is 7.05 Å². The molecule has 1 atom stereocenters. The summed E-state index contributed by atoms with van der Waals surface area (Å²) in [6.07, 6.45) is 4.88. The molecule has 0 fully saturated rings. The van der Waals surface area contributed by atoms with Crippen molar-refractivity contribution in [2.45, 2.75) is 26.2 Å². The monoisotopic (exact) mass is 189 g/mol.